The largest absolute Gasteiger partial charge is 0.463 e. The second-order valence-corrected chi connectivity index (χ2v) is 7.15. The lowest BCUT2D eigenvalue weighted by atomic mass is 9.85. The van der Waals surface area contributed by atoms with Crippen molar-refractivity contribution in [1.82, 2.24) is 14.8 Å². The summed E-state index contributed by atoms with van der Waals surface area (Å²) >= 11 is 1.60. The van der Waals surface area contributed by atoms with E-state index >= 15 is 0 Å². The fourth-order valence-electron chi connectivity index (χ4n) is 2.83. The highest BCUT2D eigenvalue weighted by Gasteiger charge is 2.25. The quantitative estimate of drug-likeness (QED) is 0.710. The molecule has 26 heavy (non-hydrogen) atoms. The van der Waals surface area contributed by atoms with Crippen molar-refractivity contribution >= 4 is 22.9 Å². The molecule has 7 heteroatoms. The highest BCUT2D eigenvalue weighted by Crippen LogP contribution is 2.29. The minimum Gasteiger partial charge on any atom is -0.463 e. The van der Waals surface area contributed by atoms with E-state index in [0.717, 1.165) is 41.3 Å². The van der Waals surface area contributed by atoms with Gasteiger partial charge in [0.2, 0.25) is 5.91 Å². The summed E-state index contributed by atoms with van der Waals surface area (Å²) in [6, 6.07) is 12.0. The zero-order chi connectivity index (χ0) is 17.9. The molecule has 0 aliphatic heterocycles. The Kier molecular flexibility index (Phi) is 4.71. The van der Waals surface area contributed by atoms with Crippen molar-refractivity contribution in [3.63, 3.8) is 0 Å². The van der Waals surface area contributed by atoms with Gasteiger partial charge in [0.1, 0.15) is 0 Å². The van der Waals surface area contributed by atoms with Crippen LogP contribution in [0.15, 0.2) is 41.8 Å². The summed E-state index contributed by atoms with van der Waals surface area (Å²) in [6.45, 7) is 2.42. The maximum atomic E-state index is 12.1. The molecule has 1 saturated carbocycles. The number of rotatable bonds is 6. The van der Waals surface area contributed by atoms with Crippen molar-refractivity contribution in [3.8, 4) is 22.4 Å². The Labute approximate surface area is 155 Å². The Bertz CT molecular complexity index is 883. The van der Waals surface area contributed by atoms with Crippen molar-refractivity contribution in [2.24, 2.45) is 5.92 Å². The molecule has 2 aromatic heterocycles. The van der Waals surface area contributed by atoms with Gasteiger partial charge in [0.05, 0.1) is 17.2 Å². The number of nitrogens with one attached hydrogen (secondary N) is 1. The first-order valence-corrected chi connectivity index (χ1v) is 9.67. The maximum Gasteiger partial charge on any atom is 0.336 e. The summed E-state index contributed by atoms with van der Waals surface area (Å²) in [5, 5.41) is 9.46. The van der Waals surface area contributed by atoms with Gasteiger partial charge in [-0.15, -0.1) is 16.4 Å². The summed E-state index contributed by atoms with van der Waals surface area (Å²) in [7, 11) is 0. The van der Waals surface area contributed by atoms with Crippen LogP contribution >= 0.6 is 11.3 Å². The summed E-state index contributed by atoms with van der Waals surface area (Å²) in [4.78, 5) is 17.6. The first-order valence-electron chi connectivity index (χ1n) is 8.79. The molecule has 0 radical (unpaired) electrons. The molecule has 0 spiro atoms. The van der Waals surface area contributed by atoms with Crippen LogP contribution in [0.2, 0.25) is 0 Å². The molecule has 1 fully saturated rings. The maximum absolute atomic E-state index is 12.1. The van der Waals surface area contributed by atoms with Gasteiger partial charge in [-0.25, -0.2) is 4.68 Å². The van der Waals surface area contributed by atoms with Crippen LogP contribution in [0.5, 0.6) is 6.01 Å². The Morgan fingerprint density at radius 2 is 2.12 bits per heavy atom. The normalized spacial score (nSPS) is 14.0. The van der Waals surface area contributed by atoms with E-state index in [9.17, 15) is 4.79 Å². The van der Waals surface area contributed by atoms with Gasteiger partial charge in [-0.3, -0.25) is 4.79 Å². The van der Waals surface area contributed by atoms with Crippen LogP contribution in [0.1, 0.15) is 26.2 Å². The number of carbonyl (C=O) groups excluding carboxylic acids is 1. The van der Waals surface area contributed by atoms with E-state index in [0.29, 0.717) is 12.6 Å². The second-order valence-electron chi connectivity index (χ2n) is 6.20. The number of carbonyl (C=O) groups is 1. The Balaban J connectivity index is 1.59. The molecule has 0 unspecified atom stereocenters. The SMILES string of the molecule is CCOc1nc(-c2cccs2)n(-c2ccc(NC(=O)C3CCC3)cc2)n1. The number of hydrogen-bond donors (Lipinski definition) is 1. The Morgan fingerprint density at radius 3 is 2.73 bits per heavy atom. The molecule has 3 aromatic rings. The van der Waals surface area contributed by atoms with Crippen molar-refractivity contribution in [2.45, 2.75) is 26.2 Å². The molecule has 1 aliphatic carbocycles. The fourth-order valence-corrected chi connectivity index (χ4v) is 3.53. The molecule has 2 heterocycles. The minimum atomic E-state index is 0.114. The number of aromatic nitrogens is 3. The molecule has 4 rings (SSSR count). The summed E-state index contributed by atoms with van der Waals surface area (Å²) in [6.07, 6.45) is 3.14. The van der Waals surface area contributed by atoms with E-state index in [1.54, 1.807) is 16.0 Å². The van der Waals surface area contributed by atoms with E-state index in [4.69, 9.17) is 4.74 Å². The monoisotopic (exact) mass is 368 g/mol. The third-order valence-corrected chi connectivity index (χ3v) is 5.32. The van der Waals surface area contributed by atoms with E-state index < -0.39 is 0 Å². The van der Waals surface area contributed by atoms with Crippen LogP contribution in [-0.4, -0.2) is 27.3 Å². The number of benzene rings is 1. The molecule has 1 amide bonds. The number of nitrogens with zero attached hydrogens (tertiary/aromatic N) is 3. The van der Waals surface area contributed by atoms with Gasteiger partial charge >= 0.3 is 6.01 Å². The van der Waals surface area contributed by atoms with Crippen molar-refractivity contribution in [2.75, 3.05) is 11.9 Å². The van der Waals surface area contributed by atoms with Crippen LogP contribution < -0.4 is 10.1 Å². The standard InChI is InChI=1S/C19H20N4O2S/c1-2-25-19-21-17(16-7-4-12-26-16)23(22-19)15-10-8-14(9-11-15)20-18(24)13-5-3-6-13/h4,7-13H,2-3,5-6H2,1H3,(H,20,24). The van der Waals surface area contributed by atoms with Gasteiger partial charge in [0.15, 0.2) is 5.82 Å². The number of anilines is 1. The average molecular weight is 368 g/mol. The molecule has 134 valence electrons. The van der Waals surface area contributed by atoms with Crippen molar-refractivity contribution in [3.05, 3.63) is 41.8 Å². The number of hydrogen-bond acceptors (Lipinski definition) is 5. The predicted octanol–water partition coefficient (Wildman–Crippen LogP) is 4.13. The lowest BCUT2D eigenvalue weighted by Crippen LogP contribution is -2.27. The fraction of sp³-hybridized carbons (Fsp3) is 0.316. The topological polar surface area (TPSA) is 69.0 Å². The molecular formula is C19H20N4O2S. The summed E-state index contributed by atoms with van der Waals surface area (Å²) < 4.78 is 7.24. The molecule has 0 saturated heterocycles. The highest BCUT2D eigenvalue weighted by atomic mass is 32.1. The minimum absolute atomic E-state index is 0.114. The van der Waals surface area contributed by atoms with E-state index in [1.165, 1.54) is 0 Å². The number of amides is 1. The lowest BCUT2D eigenvalue weighted by Gasteiger charge is -2.24. The first kappa shape index (κ1) is 16.8. The van der Waals surface area contributed by atoms with Gasteiger partial charge in [0.25, 0.3) is 0 Å². The van der Waals surface area contributed by atoms with E-state index in [2.05, 4.69) is 15.4 Å². The van der Waals surface area contributed by atoms with Crippen LogP contribution in [0.3, 0.4) is 0 Å². The van der Waals surface area contributed by atoms with Gasteiger partial charge < -0.3 is 10.1 Å². The van der Waals surface area contributed by atoms with Gasteiger partial charge in [-0.2, -0.15) is 4.98 Å². The molecule has 0 atom stereocenters. The van der Waals surface area contributed by atoms with Crippen molar-refractivity contribution < 1.29 is 9.53 Å². The van der Waals surface area contributed by atoms with E-state index in [-0.39, 0.29) is 11.8 Å². The third-order valence-electron chi connectivity index (χ3n) is 4.46. The summed E-state index contributed by atoms with van der Waals surface area (Å²) in [5.41, 5.74) is 1.67. The average Bonchev–Trinajstić information content (AvgIpc) is 3.23. The number of thiophene rings is 1. The predicted molar refractivity (Wildman–Crippen MR) is 102 cm³/mol. The Morgan fingerprint density at radius 1 is 1.31 bits per heavy atom. The number of ether oxygens (including phenoxy) is 1. The first-order chi connectivity index (χ1) is 12.7. The molecule has 1 aliphatic rings. The van der Waals surface area contributed by atoms with Gasteiger partial charge in [0, 0.05) is 11.6 Å². The molecular weight excluding hydrogens is 348 g/mol. The highest BCUT2D eigenvalue weighted by molar-refractivity contribution is 7.13. The summed E-state index contributed by atoms with van der Waals surface area (Å²) in [5.74, 6) is 1.03. The van der Waals surface area contributed by atoms with Crippen LogP contribution in [0.25, 0.3) is 16.4 Å². The second kappa shape index (κ2) is 7.29. The van der Waals surface area contributed by atoms with Crippen LogP contribution in [0.4, 0.5) is 5.69 Å². The molecule has 1 N–H and O–H groups in total. The smallest absolute Gasteiger partial charge is 0.336 e. The third kappa shape index (κ3) is 3.35. The van der Waals surface area contributed by atoms with E-state index in [1.807, 2.05) is 48.7 Å². The zero-order valence-electron chi connectivity index (χ0n) is 14.5. The zero-order valence-corrected chi connectivity index (χ0v) is 15.3. The Hall–Kier alpha value is -2.67. The van der Waals surface area contributed by atoms with Gasteiger partial charge in [-0.1, -0.05) is 12.5 Å². The van der Waals surface area contributed by atoms with Crippen LogP contribution in [-0.2, 0) is 4.79 Å². The molecule has 0 bridgehead atoms. The van der Waals surface area contributed by atoms with Gasteiger partial charge in [-0.05, 0) is 55.5 Å². The molecule has 1 aromatic carbocycles. The van der Waals surface area contributed by atoms with Crippen molar-refractivity contribution in [1.29, 1.82) is 0 Å². The molecule has 6 nitrogen and oxygen atoms in total. The lowest BCUT2D eigenvalue weighted by molar-refractivity contribution is -0.122. The van der Waals surface area contributed by atoms with Crippen LogP contribution in [0, 0.1) is 5.92 Å².